The van der Waals surface area contributed by atoms with Gasteiger partial charge in [0.25, 0.3) is 0 Å². The van der Waals surface area contributed by atoms with Crippen molar-refractivity contribution in [1.82, 2.24) is 15.4 Å². The number of nitrogens with one attached hydrogen (secondary N) is 3. The van der Waals surface area contributed by atoms with Crippen LogP contribution < -0.4 is 15.4 Å². The van der Waals surface area contributed by atoms with Crippen LogP contribution in [0.15, 0.2) is 23.2 Å². The Bertz CT molecular complexity index is 648. The van der Waals surface area contributed by atoms with Gasteiger partial charge in [0.05, 0.1) is 18.9 Å². The van der Waals surface area contributed by atoms with Crippen LogP contribution in [0.5, 0.6) is 0 Å². The zero-order chi connectivity index (χ0) is 18.2. The highest BCUT2D eigenvalue weighted by molar-refractivity contribution is 7.88. The number of rotatable bonds is 8. The average Bonchev–Trinajstić information content (AvgIpc) is 2.46. The van der Waals surface area contributed by atoms with Crippen LogP contribution in [-0.4, -0.2) is 51.9 Å². The van der Waals surface area contributed by atoms with Crippen molar-refractivity contribution in [1.29, 1.82) is 0 Å². The summed E-state index contributed by atoms with van der Waals surface area (Å²) in [6, 6.07) is 4.84. The molecule has 0 bridgehead atoms. The van der Waals surface area contributed by atoms with Crippen molar-refractivity contribution in [3.63, 3.8) is 0 Å². The lowest BCUT2D eigenvalue weighted by molar-refractivity contribution is 0.187. The number of guanidine groups is 1. The van der Waals surface area contributed by atoms with Crippen LogP contribution in [0.25, 0.3) is 0 Å². The molecule has 1 aromatic rings. The van der Waals surface area contributed by atoms with Crippen molar-refractivity contribution >= 4 is 39.2 Å². The molecule has 0 aliphatic carbocycles. The Kier molecular flexibility index (Phi) is 8.79. The van der Waals surface area contributed by atoms with Crippen LogP contribution in [0.4, 0.5) is 0 Å². The third-order valence-electron chi connectivity index (χ3n) is 2.82. The summed E-state index contributed by atoms with van der Waals surface area (Å²) in [6.45, 7) is 3.22. The molecule has 1 rings (SSSR count). The quantitative estimate of drug-likeness (QED) is 0.299. The summed E-state index contributed by atoms with van der Waals surface area (Å²) in [5.74, 6) is 0.472. The van der Waals surface area contributed by atoms with Gasteiger partial charge in [-0.2, -0.15) is 0 Å². The molecular formula is C14H22Cl2N4O3S. The van der Waals surface area contributed by atoms with Gasteiger partial charge in [-0.1, -0.05) is 23.2 Å². The van der Waals surface area contributed by atoms with Gasteiger partial charge < -0.3 is 15.7 Å². The van der Waals surface area contributed by atoms with E-state index in [4.69, 9.17) is 23.2 Å². The van der Waals surface area contributed by atoms with E-state index in [0.717, 1.165) is 6.26 Å². The number of nitrogens with zero attached hydrogens (tertiary/aromatic N) is 1. The first-order valence-electron chi connectivity index (χ1n) is 7.32. The first-order valence-corrected chi connectivity index (χ1v) is 9.97. The largest absolute Gasteiger partial charge is 0.386 e. The third kappa shape index (κ3) is 8.70. The molecule has 7 nitrogen and oxygen atoms in total. The molecule has 0 fully saturated rings. The molecule has 136 valence electrons. The summed E-state index contributed by atoms with van der Waals surface area (Å²) in [5, 5.41) is 17.1. The number of hydrogen-bond acceptors (Lipinski definition) is 4. The molecule has 1 atom stereocenters. The van der Waals surface area contributed by atoms with Crippen LogP contribution >= 0.6 is 23.2 Å². The molecule has 0 saturated carbocycles. The number of aliphatic imine (C=N–C) groups is 1. The van der Waals surface area contributed by atoms with Crippen LogP contribution in [0.2, 0.25) is 10.0 Å². The summed E-state index contributed by atoms with van der Waals surface area (Å²) in [7, 11) is -3.22. The SMILES string of the molecule is CCNC(=NCC(O)c1cc(Cl)cc(Cl)c1)NCCNS(C)(=O)=O. The van der Waals surface area contributed by atoms with Crippen LogP contribution in [0.3, 0.4) is 0 Å². The summed E-state index contributed by atoms with van der Waals surface area (Å²) >= 11 is 11.8. The van der Waals surface area contributed by atoms with Gasteiger partial charge in [0.2, 0.25) is 10.0 Å². The third-order valence-corrected chi connectivity index (χ3v) is 3.98. The fourth-order valence-corrected chi connectivity index (χ4v) is 2.83. The Labute approximate surface area is 152 Å². The Morgan fingerprint density at radius 2 is 1.83 bits per heavy atom. The van der Waals surface area contributed by atoms with Gasteiger partial charge in [0, 0.05) is 29.7 Å². The first-order chi connectivity index (χ1) is 11.2. The van der Waals surface area contributed by atoms with Gasteiger partial charge in [-0.15, -0.1) is 0 Å². The predicted octanol–water partition coefficient (Wildman–Crippen LogP) is 1.13. The lowest BCUT2D eigenvalue weighted by Gasteiger charge is -2.14. The molecule has 1 aromatic carbocycles. The van der Waals surface area contributed by atoms with E-state index in [0.29, 0.717) is 34.7 Å². The number of benzene rings is 1. The minimum atomic E-state index is -3.22. The van der Waals surface area contributed by atoms with Gasteiger partial charge in [-0.25, -0.2) is 13.1 Å². The van der Waals surface area contributed by atoms with Crippen molar-refractivity contribution in [3.8, 4) is 0 Å². The van der Waals surface area contributed by atoms with E-state index >= 15 is 0 Å². The van der Waals surface area contributed by atoms with E-state index in [2.05, 4.69) is 20.3 Å². The molecule has 0 aliphatic rings. The fourth-order valence-electron chi connectivity index (χ4n) is 1.81. The monoisotopic (exact) mass is 396 g/mol. The molecule has 0 saturated heterocycles. The van der Waals surface area contributed by atoms with Gasteiger partial charge in [-0.05, 0) is 30.7 Å². The predicted molar refractivity (Wildman–Crippen MR) is 98.2 cm³/mol. The number of halogens is 2. The second-order valence-electron chi connectivity index (χ2n) is 5.03. The smallest absolute Gasteiger partial charge is 0.208 e. The molecule has 0 radical (unpaired) electrons. The number of sulfonamides is 1. The van der Waals surface area contributed by atoms with E-state index in [9.17, 15) is 13.5 Å². The molecular weight excluding hydrogens is 375 g/mol. The molecule has 0 aliphatic heterocycles. The van der Waals surface area contributed by atoms with Crippen LogP contribution in [0.1, 0.15) is 18.6 Å². The van der Waals surface area contributed by atoms with Crippen molar-refractivity contribution < 1.29 is 13.5 Å². The molecule has 0 spiro atoms. The van der Waals surface area contributed by atoms with E-state index in [1.807, 2.05) is 6.92 Å². The molecule has 0 aromatic heterocycles. The van der Waals surface area contributed by atoms with E-state index in [1.165, 1.54) is 0 Å². The summed E-state index contributed by atoms with van der Waals surface area (Å²) < 4.78 is 24.3. The Morgan fingerprint density at radius 1 is 1.21 bits per heavy atom. The lowest BCUT2D eigenvalue weighted by atomic mass is 10.1. The molecule has 0 heterocycles. The van der Waals surface area contributed by atoms with Crippen molar-refractivity contribution in [2.45, 2.75) is 13.0 Å². The summed E-state index contributed by atoms with van der Waals surface area (Å²) in [6.07, 6.45) is 0.240. The van der Waals surface area contributed by atoms with Crippen LogP contribution in [-0.2, 0) is 10.0 Å². The molecule has 1 unspecified atom stereocenters. The van der Waals surface area contributed by atoms with Gasteiger partial charge >= 0.3 is 0 Å². The molecule has 4 N–H and O–H groups in total. The van der Waals surface area contributed by atoms with Crippen molar-refractivity contribution in [2.24, 2.45) is 4.99 Å². The molecule has 24 heavy (non-hydrogen) atoms. The Morgan fingerprint density at radius 3 is 2.38 bits per heavy atom. The topological polar surface area (TPSA) is 103 Å². The summed E-state index contributed by atoms with van der Waals surface area (Å²) in [5.41, 5.74) is 0.575. The maximum absolute atomic E-state index is 11.0. The first kappa shape index (κ1) is 21.0. The van der Waals surface area contributed by atoms with Crippen molar-refractivity contribution in [2.75, 3.05) is 32.4 Å². The van der Waals surface area contributed by atoms with E-state index in [-0.39, 0.29) is 13.1 Å². The highest BCUT2D eigenvalue weighted by Gasteiger charge is 2.10. The molecule has 10 heteroatoms. The minimum absolute atomic E-state index is 0.103. The summed E-state index contributed by atoms with van der Waals surface area (Å²) in [4.78, 5) is 4.26. The Balaban J connectivity index is 2.60. The molecule has 0 amide bonds. The Hall–Kier alpha value is -1.06. The number of aliphatic hydroxyl groups is 1. The second kappa shape index (κ2) is 10.0. The number of hydrogen-bond donors (Lipinski definition) is 4. The zero-order valence-corrected chi connectivity index (χ0v) is 15.8. The van der Waals surface area contributed by atoms with Crippen molar-refractivity contribution in [3.05, 3.63) is 33.8 Å². The van der Waals surface area contributed by atoms with E-state index in [1.54, 1.807) is 18.2 Å². The maximum atomic E-state index is 11.0. The van der Waals surface area contributed by atoms with Gasteiger partial charge in [0.15, 0.2) is 5.96 Å². The van der Waals surface area contributed by atoms with Gasteiger partial charge in [-0.3, -0.25) is 4.99 Å². The normalized spacial score (nSPS) is 13.6. The van der Waals surface area contributed by atoms with Crippen LogP contribution in [0, 0.1) is 0 Å². The van der Waals surface area contributed by atoms with Gasteiger partial charge in [0.1, 0.15) is 0 Å². The minimum Gasteiger partial charge on any atom is -0.386 e. The average molecular weight is 397 g/mol. The highest BCUT2D eigenvalue weighted by Crippen LogP contribution is 2.23. The fraction of sp³-hybridized carbons (Fsp3) is 0.500. The maximum Gasteiger partial charge on any atom is 0.208 e. The standard InChI is InChI=1S/C14H22Cl2N4O3S/c1-3-17-14(18-4-5-20-24(2,22)23)19-9-13(21)10-6-11(15)8-12(16)7-10/h6-8,13,20-21H,3-5,9H2,1-2H3,(H2,17,18,19). The number of aliphatic hydroxyl groups excluding tert-OH is 1. The highest BCUT2D eigenvalue weighted by atomic mass is 35.5. The zero-order valence-electron chi connectivity index (χ0n) is 13.5. The second-order valence-corrected chi connectivity index (χ2v) is 7.74. The lowest BCUT2D eigenvalue weighted by Crippen LogP contribution is -2.41. The van der Waals surface area contributed by atoms with E-state index < -0.39 is 16.1 Å².